The number of amides is 1. The number of hydrogen-bond acceptors (Lipinski definition) is 3. The summed E-state index contributed by atoms with van der Waals surface area (Å²) in [6.07, 6.45) is 0.969. The highest BCUT2D eigenvalue weighted by molar-refractivity contribution is 9.10. The van der Waals surface area contributed by atoms with Crippen LogP contribution >= 0.6 is 15.9 Å². The van der Waals surface area contributed by atoms with Crippen LogP contribution in [0, 0.1) is 0 Å². The average Bonchev–Trinajstić information content (AvgIpc) is 2.35. The fourth-order valence-electron chi connectivity index (χ4n) is 1.81. The van der Waals surface area contributed by atoms with Crippen molar-refractivity contribution in [3.05, 3.63) is 28.2 Å². The van der Waals surface area contributed by atoms with E-state index in [0.717, 1.165) is 22.2 Å². The molecule has 0 unspecified atom stereocenters. The molecule has 0 radical (unpaired) electrons. The third-order valence-electron chi connectivity index (χ3n) is 2.60. The molecule has 0 bridgehead atoms. The van der Waals surface area contributed by atoms with E-state index < -0.39 is 0 Å². The zero-order valence-electron chi connectivity index (χ0n) is 13.3. The first-order valence-electron chi connectivity index (χ1n) is 7.25. The highest BCUT2D eigenvalue weighted by atomic mass is 79.9. The Balaban J connectivity index is 2.54. The van der Waals surface area contributed by atoms with E-state index in [4.69, 9.17) is 4.74 Å². The highest BCUT2D eigenvalue weighted by Crippen LogP contribution is 2.23. The highest BCUT2D eigenvalue weighted by Gasteiger charge is 2.13. The average molecular weight is 357 g/mol. The maximum Gasteiger partial charge on any atom is 0.234 e. The molecule has 0 spiro atoms. The van der Waals surface area contributed by atoms with Gasteiger partial charge in [-0.05, 0) is 45.4 Å². The molecule has 0 saturated heterocycles. The van der Waals surface area contributed by atoms with Crippen LogP contribution in [0.15, 0.2) is 22.7 Å². The molecule has 118 valence electrons. The maximum atomic E-state index is 11.8. The minimum absolute atomic E-state index is 0.00600. The predicted molar refractivity (Wildman–Crippen MR) is 89.5 cm³/mol. The van der Waals surface area contributed by atoms with E-state index >= 15 is 0 Å². The molecule has 0 aliphatic rings. The molecule has 1 amide bonds. The van der Waals surface area contributed by atoms with Crippen LogP contribution in [0.25, 0.3) is 0 Å². The van der Waals surface area contributed by atoms with Crippen LogP contribution in [0.3, 0.4) is 0 Å². The standard InChI is InChI=1S/C16H25BrN2O2/c1-5-8-21-14-7-6-13(17)9-12(14)10-18-11-15(20)19-16(2,3)4/h6-7,9,18H,5,8,10-11H2,1-4H3,(H,19,20). The molecular weight excluding hydrogens is 332 g/mol. The lowest BCUT2D eigenvalue weighted by Gasteiger charge is -2.20. The molecule has 0 fully saturated rings. The second-order valence-corrected chi connectivity index (χ2v) is 6.92. The van der Waals surface area contributed by atoms with Crippen molar-refractivity contribution in [3.63, 3.8) is 0 Å². The van der Waals surface area contributed by atoms with Crippen LogP contribution in [-0.2, 0) is 11.3 Å². The minimum Gasteiger partial charge on any atom is -0.493 e. The molecule has 2 N–H and O–H groups in total. The Labute approximate surface area is 135 Å². The summed E-state index contributed by atoms with van der Waals surface area (Å²) in [6.45, 7) is 9.56. The molecule has 5 heteroatoms. The number of halogens is 1. The van der Waals surface area contributed by atoms with Crippen molar-refractivity contribution < 1.29 is 9.53 Å². The molecule has 0 heterocycles. The summed E-state index contributed by atoms with van der Waals surface area (Å²) in [5.74, 6) is 0.859. The lowest BCUT2D eigenvalue weighted by Crippen LogP contribution is -2.44. The molecule has 1 rings (SSSR count). The van der Waals surface area contributed by atoms with Gasteiger partial charge in [-0.25, -0.2) is 0 Å². The van der Waals surface area contributed by atoms with Crippen LogP contribution in [0.4, 0.5) is 0 Å². The molecule has 21 heavy (non-hydrogen) atoms. The third-order valence-corrected chi connectivity index (χ3v) is 3.09. The van der Waals surface area contributed by atoms with Crippen molar-refractivity contribution in [2.24, 2.45) is 0 Å². The number of ether oxygens (including phenoxy) is 1. The van der Waals surface area contributed by atoms with Crippen LogP contribution in [0.1, 0.15) is 39.7 Å². The van der Waals surface area contributed by atoms with Crippen molar-refractivity contribution >= 4 is 21.8 Å². The summed E-state index contributed by atoms with van der Waals surface area (Å²) in [4.78, 5) is 11.8. The fraction of sp³-hybridized carbons (Fsp3) is 0.562. The van der Waals surface area contributed by atoms with Crippen LogP contribution in [0.5, 0.6) is 5.75 Å². The summed E-state index contributed by atoms with van der Waals surface area (Å²) >= 11 is 3.46. The van der Waals surface area contributed by atoms with Gasteiger partial charge in [0, 0.05) is 22.1 Å². The molecule has 1 aromatic rings. The van der Waals surface area contributed by atoms with Crippen molar-refractivity contribution in [3.8, 4) is 5.75 Å². The first kappa shape index (κ1) is 18.0. The number of carbonyl (C=O) groups is 1. The quantitative estimate of drug-likeness (QED) is 0.788. The number of rotatable bonds is 7. The van der Waals surface area contributed by atoms with Crippen LogP contribution < -0.4 is 15.4 Å². The van der Waals surface area contributed by atoms with Gasteiger partial charge in [-0.2, -0.15) is 0 Å². The van der Waals surface area contributed by atoms with Gasteiger partial charge in [-0.15, -0.1) is 0 Å². The first-order valence-corrected chi connectivity index (χ1v) is 8.04. The smallest absolute Gasteiger partial charge is 0.234 e. The molecule has 0 saturated carbocycles. The van der Waals surface area contributed by atoms with E-state index in [1.165, 1.54) is 0 Å². The Hall–Kier alpha value is -1.07. The van der Waals surface area contributed by atoms with Gasteiger partial charge < -0.3 is 15.4 Å². The minimum atomic E-state index is -0.204. The summed E-state index contributed by atoms with van der Waals surface area (Å²) in [7, 11) is 0. The van der Waals surface area contributed by atoms with Gasteiger partial charge in [0.2, 0.25) is 5.91 Å². The zero-order chi connectivity index (χ0) is 15.9. The molecular formula is C16H25BrN2O2. The molecule has 0 aromatic heterocycles. The van der Waals surface area contributed by atoms with Crippen molar-refractivity contribution in [1.29, 1.82) is 0 Å². The number of carbonyl (C=O) groups excluding carboxylic acids is 1. The Morgan fingerprint density at radius 3 is 2.67 bits per heavy atom. The van der Waals surface area contributed by atoms with Gasteiger partial charge in [0.05, 0.1) is 13.2 Å². The topological polar surface area (TPSA) is 50.4 Å². The SMILES string of the molecule is CCCOc1ccc(Br)cc1CNCC(=O)NC(C)(C)C. The molecule has 4 nitrogen and oxygen atoms in total. The fourth-order valence-corrected chi connectivity index (χ4v) is 2.22. The van der Waals surface area contributed by atoms with E-state index in [9.17, 15) is 4.79 Å². The van der Waals surface area contributed by atoms with Gasteiger partial charge in [0.15, 0.2) is 0 Å². The number of nitrogens with one attached hydrogen (secondary N) is 2. The van der Waals surface area contributed by atoms with Gasteiger partial charge in [-0.1, -0.05) is 22.9 Å². The normalized spacial score (nSPS) is 11.3. The Bertz CT molecular complexity index is 470. The van der Waals surface area contributed by atoms with E-state index in [2.05, 4.69) is 33.5 Å². The van der Waals surface area contributed by atoms with Crippen LogP contribution in [0.2, 0.25) is 0 Å². The summed E-state index contributed by atoms with van der Waals surface area (Å²) in [6, 6.07) is 5.92. The lowest BCUT2D eigenvalue weighted by molar-refractivity contribution is -0.121. The van der Waals surface area contributed by atoms with E-state index in [-0.39, 0.29) is 18.0 Å². The Morgan fingerprint density at radius 1 is 1.33 bits per heavy atom. The number of hydrogen-bond donors (Lipinski definition) is 2. The first-order chi connectivity index (χ1) is 9.81. The molecule has 0 atom stereocenters. The van der Waals surface area contributed by atoms with Crippen molar-refractivity contribution in [2.45, 2.75) is 46.2 Å². The predicted octanol–water partition coefficient (Wildman–Crippen LogP) is 3.24. The van der Waals surface area contributed by atoms with Gasteiger partial charge in [0.25, 0.3) is 0 Å². The van der Waals surface area contributed by atoms with Crippen LogP contribution in [-0.4, -0.2) is 24.6 Å². The lowest BCUT2D eigenvalue weighted by atomic mass is 10.1. The second kappa shape index (κ2) is 8.39. The Kier molecular flexibility index (Phi) is 7.18. The van der Waals surface area contributed by atoms with E-state index in [1.54, 1.807) is 0 Å². The van der Waals surface area contributed by atoms with Crippen molar-refractivity contribution in [1.82, 2.24) is 10.6 Å². The van der Waals surface area contributed by atoms with E-state index in [0.29, 0.717) is 13.2 Å². The summed E-state index contributed by atoms with van der Waals surface area (Å²) < 4.78 is 6.72. The molecule has 1 aromatic carbocycles. The third kappa shape index (κ3) is 7.48. The monoisotopic (exact) mass is 356 g/mol. The van der Waals surface area contributed by atoms with Gasteiger partial charge in [-0.3, -0.25) is 4.79 Å². The summed E-state index contributed by atoms with van der Waals surface area (Å²) in [5.41, 5.74) is 0.839. The van der Waals surface area contributed by atoms with E-state index in [1.807, 2.05) is 39.0 Å². The summed E-state index contributed by atoms with van der Waals surface area (Å²) in [5, 5.41) is 6.08. The van der Waals surface area contributed by atoms with Gasteiger partial charge in [0.1, 0.15) is 5.75 Å². The Morgan fingerprint density at radius 2 is 2.05 bits per heavy atom. The zero-order valence-corrected chi connectivity index (χ0v) is 14.8. The molecule has 0 aliphatic heterocycles. The van der Waals surface area contributed by atoms with Crippen molar-refractivity contribution in [2.75, 3.05) is 13.2 Å². The largest absolute Gasteiger partial charge is 0.493 e. The second-order valence-electron chi connectivity index (χ2n) is 6.00. The maximum absolute atomic E-state index is 11.8. The number of benzene rings is 1. The van der Waals surface area contributed by atoms with Gasteiger partial charge >= 0.3 is 0 Å². The molecule has 0 aliphatic carbocycles.